The van der Waals surface area contributed by atoms with Gasteiger partial charge >= 0.3 is 0 Å². The Morgan fingerprint density at radius 3 is 1.88 bits per heavy atom. The molecule has 0 aromatic carbocycles. The summed E-state index contributed by atoms with van der Waals surface area (Å²) >= 11 is 0. The topological polar surface area (TPSA) is 32.3 Å². The van der Waals surface area contributed by atoms with Crippen molar-refractivity contribution in [1.82, 2.24) is 5.32 Å². The Morgan fingerprint density at radius 1 is 0.769 bits per heavy atom. The summed E-state index contributed by atoms with van der Waals surface area (Å²) in [5, 5.41) is 12.7. The Balaban J connectivity index is 1.82. The molecule has 0 spiro atoms. The van der Waals surface area contributed by atoms with Gasteiger partial charge in [0.15, 0.2) is 0 Å². The van der Waals surface area contributed by atoms with E-state index in [1.54, 1.807) is 0 Å². The number of aliphatic hydroxyl groups is 1. The number of hydrogen-bond acceptors (Lipinski definition) is 2. The van der Waals surface area contributed by atoms with Crippen LogP contribution in [0.25, 0.3) is 0 Å². The SMILES string of the molecule is CCCCCCCC/C=C\CCCCCCCC[N+]1(CCO)CCNC1. The fourth-order valence-electron chi connectivity index (χ4n) is 4.11. The first-order chi connectivity index (χ1) is 12.8. The molecule has 1 aliphatic heterocycles. The van der Waals surface area contributed by atoms with Gasteiger partial charge in [0.2, 0.25) is 0 Å². The second-order valence-electron chi connectivity index (χ2n) is 8.33. The van der Waals surface area contributed by atoms with Crippen LogP contribution in [0.1, 0.15) is 96.8 Å². The average Bonchev–Trinajstić information content (AvgIpc) is 3.10. The van der Waals surface area contributed by atoms with Crippen LogP contribution < -0.4 is 5.32 Å². The van der Waals surface area contributed by atoms with E-state index in [0.717, 1.165) is 24.2 Å². The van der Waals surface area contributed by atoms with Crippen LogP contribution in [0, 0.1) is 0 Å². The molecule has 0 radical (unpaired) electrons. The maximum Gasteiger partial charge on any atom is 0.132 e. The number of nitrogens with zero attached hydrogens (tertiary/aromatic N) is 1. The fourth-order valence-corrected chi connectivity index (χ4v) is 4.11. The van der Waals surface area contributed by atoms with E-state index >= 15 is 0 Å². The highest BCUT2D eigenvalue weighted by molar-refractivity contribution is 4.81. The van der Waals surface area contributed by atoms with E-state index in [-0.39, 0.29) is 0 Å². The van der Waals surface area contributed by atoms with Gasteiger partial charge in [-0.25, -0.2) is 0 Å². The molecule has 0 bridgehead atoms. The molecule has 1 saturated heterocycles. The fraction of sp³-hybridized carbons (Fsp3) is 0.913. The standard InChI is InChI=1S/C23H47N2O/c1-2-3-4-5-6-7-8-9-10-11-12-13-14-15-16-17-19-25(21-22-26)20-18-24-23-25/h9-10,24,26H,2-8,11-23H2,1H3/q+1/b10-9-. The summed E-state index contributed by atoms with van der Waals surface area (Å²) in [5.41, 5.74) is 0. The van der Waals surface area contributed by atoms with Gasteiger partial charge in [-0.3, -0.25) is 5.32 Å². The normalized spacial score (nSPS) is 20.4. The highest BCUT2D eigenvalue weighted by Crippen LogP contribution is 2.14. The lowest BCUT2D eigenvalue weighted by Crippen LogP contribution is -2.49. The lowest BCUT2D eigenvalue weighted by molar-refractivity contribution is -0.917. The first-order valence-corrected chi connectivity index (χ1v) is 11.6. The van der Waals surface area contributed by atoms with Crippen molar-refractivity contribution in [2.45, 2.75) is 96.8 Å². The molecule has 1 atom stereocenters. The molecule has 0 aliphatic carbocycles. The van der Waals surface area contributed by atoms with E-state index in [4.69, 9.17) is 0 Å². The molecule has 26 heavy (non-hydrogen) atoms. The van der Waals surface area contributed by atoms with Gasteiger partial charge in [-0.05, 0) is 38.5 Å². The zero-order chi connectivity index (χ0) is 18.8. The molecule has 1 heterocycles. The first kappa shape index (κ1) is 23.7. The summed E-state index contributed by atoms with van der Waals surface area (Å²) in [4.78, 5) is 0. The number of allylic oxidation sites excluding steroid dienone is 2. The number of rotatable bonds is 18. The monoisotopic (exact) mass is 367 g/mol. The van der Waals surface area contributed by atoms with Crippen LogP contribution in [0.5, 0.6) is 0 Å². The third-order valence-electron chi connectivity index (χ3n) is 5.93. The molecule has 3 heteroatoms. The largest absolute Gasteiger partial charge is 0.391 e. The Labute approximate surface area is 163 Å². The van der Waals surface area contributed by atoms with Crippen molar-refractivity contribution in [1.29, 1.82) is 0 Å². The quantitative estimate of drug-likeness (QED) is 0.193. The van der Waals surface area contributed by atoms with E-state index in [1.165, 1.54) is 103 Å². The predicted octanol–water partition coefficient (Wildman–Crippen LogP) is 5.39. The van der Waals surface area contributed by atoms with E-state index in [9.17, 15) is 5.11 Å². The second-order valence-corrected chi connectivity index (χ2v) is 8.33. The van der Waals surface area contributed by atoms with Crippen LogP contribution in [-0.4, -0.2) is 49.0 Å². The summed E-state index contributed by atoms with van der Waals surface area (Å²) in [6, 6.07) is 0. The molecule has 1 aliphatic rings. The van der Waals surface area contributed by atoms with E-state index in [0.29, 0.717) is 6.61 Å². The third-order valence-corrected chi connectivity index (χ3v) is 5.93. The van der Waals surface area contributed by atoms with Gasteiger partial charge in [-0.1, -0.05) is 70.4 Å². The highest BCUT2D eigenvalue weighted by Gasteiger charge is 2.30. The molecule has 0 saturated carbocycles. The van der Waals surface area contributed by atoms with Gasteiger partial charge in [-0.15, -0.1) is 0 Å². The van der Waals surface area contributed by atoms with Crippen molar-refractivity contribution < 1.29 is 9.59 Å². The second kappa shape index (κ2) is 16.8. The predicted molar refractivity (Wildman–Crippen MR) is 114 cm³/mol. The van der Waals surface area contributed by atoms with Crippen LogP contribution in [0.3, 0.4) is 0 Å². The molecule has 1 fully saturated rings. The van der Waals surface area contributed by atoms with Gasteiger partial charge in [-0.2, -0.15) is 0 Å². The minimum absolute atomic E-state index is 0.327. The van der Waals surface area contributed by atoms with E-state index in [1.807, 2.05) is 0 Å². The highest BCUT2D eigenvalue weighted by atomic mass is 16.3. The lowest BCUT2D eigenvalue weighted by Gasteiger charge is -2.32. The van der Waals surface area contributed by atoms with Crippen molar-refractivity contribution in [3.05, 3.63) is 12.2 Å². The van der Waals surface area contributed by atoms with Gasteiger partial charge in [0.05, 0.1) is 19.7 Å². The van der Waals surface area contributed by atoms with Gasteiger partial charge < -0.3 is 9.59 Å². The van der Waals surface area contributed by atoms with Crippen molar-refractivity contribution in [3.63, 3.8) is 0 Å². The molecule has 3 nitrogen and oxygen atoms in total. The van der Waals surface area contributed by atoms with E-state index < -0.39 is 0 Å². The van der Waals surface area contributed by atoms with Crippen LogP contribution in [-0.2, 0) is 0 Å². The van der Waals surface area contributed by atoms with Crippen molar-refractivity contribution in [2.75, 3.05) is 39.5 Å². The van der Waals surface area contributed by atoms with Crippen LogP contribution in [0.2, 0.25) is 0 Å². The first-order valence-electron chi connectivity index (χ1n) is 11.6. The van der Waals surface area contributed by atoms with Crippen molar-refractivity contribution in [2.24, 2.45) is 0 Å². The third kappa shape index (κ3) is 12.1. The van der Waals surface area contributed by atoms with Crippen LogP contribution in [0.4, 0.5) is 0 Å². The Morgan fingerprint density at radius 2 is 1.35 bits per heavy atom. The Hall–Kier alpha value is -0.380. The summed E-state index contributed by atoms with van der Waals surface area (Å²) in [5.74, 6) is 0. The molecule has 0 amide bonds. The molecule has 0 aromatic rings. The number of aliphatic hydroxyl groups excluding tert-OH is 1. The maximum atomic E-state index is 9.28. The average molecular weight is 368 g/mol. The number of unbranched alkanes of at least 4 members (excludes halogenated alkanes) is 12. The molecule has 1 unspecified atom stereocenters. The zero-order valence-electron chi connectivity index (χ0n) is 17.7. The summed E-state index contributed by atoms with van der Waals surface area (Å²) < 4.78 is 1.10. The summed E-state index contributed by atoms with van der Waals surface area (Å²) in [7, 11) is 0. The molecule has 2 N–H and O–H groups in total. The Bertz CT molecular complexity index is 324. The van der Waals surface area contributed by atoms with E-state index in [2.05, 4.69) is 24.4 Å². The minimum Gasteiger partial charge on any atom is -0.391 e. The number of nitrogens with one attached hydrogen (secondary N) is 1. The maximum absolute atomic E-state index is 9.28. The van der Waals surface area contributed by atoms with Crippen molar-refractivity contribution >= 4 is 0 Å². The molecular weight excluding hydrogens is 320 g/mol. The number of hydrogen-bond donors (Lipinski definition) is 2. The van der Waals surface area contributed by atoms with Gasteiger partial charge in [0.25, 0.3) is 0 Å². The van der Waals surface area contributed by atoms with Crippen LogP contribution in [0.15, 0.2) is 12.2 Å². The number of quaternary nitrogens is 1. The van der Waals surface area contributed by atoms with Crippen LogP contribution >= 0.6 is 0 Å². The van der Waals surface area contributed by atoms with Crippen molar-refractivity contribution in [3.8, 4) is 0 Å². The Kier molecular flexibility index (Phi) is 15.3. The van der Waals surface area contributed by atoms with Gasteiger partial charge in [0.1, 0.15) is 13.2 Å². The molecule has 154 valence electrons. The molecular formula is C23H47N2O+. The smallest absolute Gasteiger partial charge is 0.132 e. The lowest BCUT2D eigenvalue weighted by atomic mass is 10.1. The summed E-state index contributed by atoms with van der Waals surface area (Å²) in [6.45, 7) is 8.16. The van der Waals surface area contributed by atoms with Gasteiger partial charge in [0, 0.05) is 6.54 Å². The molecule has 0 aromatic heterocycles. The zero-order valence-corrected chi connectivity index (χ0v) is 17.7. The molecule has 1 rings (SSSR count). The minimum atomic E-state index is 0.327. The summed E-state index contributed by atoms with van der Waals surface area (Å²) in [6.07, 6.45) is 24.0.